The van der Waals surface area contributed by atoms with Crippen molar-refractivity contribution in [1.82, 2.24) is 0 Å². The smallest absolute Gasteiger partial charge is 0.165 e. The highest BCUT2D eigenvalue weighted by Gasteiger charge is 2.05. The number of rotatable bonds is 6. The average Bonchev–Trinajstić information content (AvgIpc) is 2.52. The Labute approximate surface area is 123 Å². The first-order valence-electron chi connectivity index (χ1n) is 6.46. The number of terminal acetylenes is 1. The molecule has 0 saturated heterocycles. The largest absolute Gasteiger partial charge is 0.494 e. The topological polar surface area (TPSA) is 30.5 Å². The zero-order valence-electron chi connectivity index (χ0n) is 11.7. The van der Waals surface area contributed by atoms with Crippen molar-refractivity contribution in [2.45, 2.75) is 6.54 Å². The zero-order chi connectivity index (χ0) is 15.1. The van der Waals surface area contributed by atoms with E-state index in [0.29, 0.717) is 12.3 Å². The summed E-state index contributed by atoms with van der Waals surface area (Å²) in [6, 6.07) is 12.3. The van der Waals surface area contributed by atoms with Gasteiger partial charge in [0, 0.05) is 6.54 Å². The van der Waals surface area contributed by atoms with E-state index in [1.165, 1.54) is 13.2 Å². The van der Waals surface area contributed by atoms with Crippen LogP contribution in [0.4, 0.5) is 10.1 Å². The van der Waals surface area contributed by atoms with Crippen LogP contribution in [0.2, 0.25) is 0 Å². The van der Waals surface area contributed by atoms with Crippen molar-refractivity contribution in [1.29, 1.82) is 0 Å². The number of hydrogen-bond donors (Lipinski definition) is 1. The summed E-state index contributed by atoms with van der Waals surface area (Å²) in [6.07, 6.45) is 5.19. The van der Waals surface area contributed by atoms with Gasteiger partial charge >= 0.3 is 0 Å². The van der Waals surface area contributed by atoms with Crippen LogP contribution in [-0.2, 0) is 6.54 Å². The van der Waals surface area contributed by atoms with Gasteiger partial charge in [0.05, 0.1) is 12.8 Å². The molecule has 1 N–H and O–H groups in total. The molecule has 0 bridgehead atoms. The average molecular weight is 285 g/mol. The first-order chi connectivity index (χ1) is 10.2. The third-order valence-electron chi connectivity index (χ3n) is 2.90. The summed E-state index contributed by atoms with van der Waals surface area (Å²) in [6.45, 7) is 0.674. The van der Waals surface area contributed by atoms with Crippen molar-refractivity contribution < 1.29 is 13.9 Å². The Hall–Kier alpha value is -2.67. The first kappa shape index (κ1) is 14.7. The highest BCUT2D eigenvalue weighted by Crippen LogP contribution is 2.25. The summed E-state index contributed by atoms with van der Waals surface area (Å²) < 4.78 is 24.0. The van der Waals surface area contributed by atoms with E-state index in [4.69, 9.17) is 15.9 Å². The molecule has 108 valence electrons. The van der Waals surface area contributed by atoms with Crippen molar-refractivity contribution in [3.8, 4) is 23.8 Å². The quantitative estimate of drug-likeness (QED) is 0.825. The maximum atomic E-state index is 13.6. The molecule has 0 amide bonds. The fourth-order valence-electron chi connectivity index (χ4n) is 1.88. The number of hydrogen-bond acceptors (Lipinski definition) is 3. The summed E-state index contributed by atoms with van der Waals surface area (Å²) in [7, 11) is 1.44. The Morgan fingerprint density at radius 2 is 2.00 bits per heavy atom. The molecule has 0 aliphatic carbocycles. The van der Waals surface area contributed by atoms with Crippen molar-refractivity contribution >= 4 is 5.69 Å². The summed E-state index contributed by atoms with van der Waals surface area (Å²) in [5, 5.41) is 3.20. The van der Waals surface area contributed by atoms with Crippen LogP contribution >= 0.6 is 0 Å². The van der Waals surface area contributed by atoms with Crippen LogP contribution in [0.15, 0.2) is 42.5 Å². The number of nitrogens with one attached hydrogen (secondary N) is 1. The summed E-state index contributed by atoms with van der Waals surface area (Å²) in [4.78, 5) is 0. The van der Waals surface area contributed by atoms with Gasteiger partial charge in [0.1, 0.15) is 12.4 Å². The van der Waals surface area contributed by atoms with Crippen molar-refractivity contribution in [2.75, 3.05) is 19.0 Å². The molecular formula is C17H16FNO2. The van der Waals surface area contributed by atoms with Gasteiger partial charge in [0.25, 0.3) is 0 Å². The van der Waals surface area contributed by atoms with E-state index in [1.54, 1.807) is 12.1 Å². The Kier molecular flexibility index (Phi) is 5.05. The fourth-order valence-corrected chi connectivity index (χ4v) is 1.88. The number of para-hydroxylation sites is 2. The molecule has 0 atom stereocenters. The van der Waals surface area contributed by atoms with Gasteiger partial charge in [0.15, 0.2) is 11.6 Å². The van der Waals surface area contributed by atoms with Gasteiger partial charge in [-0.05, 0) is 29.8 Å². The Morgan fingerprint density at radius 1 is 1.19 bits per heavy atom. The number of benzene rings is 2. The first-order valence-corrected chi connectivity index (χ1v) is 6.46. The molecule has 0 aromatic heterocycles. The van der Waals surface area contributed by atoms with Crippen LogP contribution < -0.4 is 14.8 Å². The lowest BCUT2D eigenvalue weighted by atomic mass is 10.2. The van der Waals surface area contributed by atoms with Crippen LogP contribution in [0.1, 0.15) is 5.56 Å². The Morgan fingerprint density at radius 3 is 2.71 bits per heavy atom. The Balaban J connectivity index is 2.06. The molecule has 0 aliphatic rings. The molecule has 4 heteroatoms. The molecule has 0 aliphatic heterocycles. The molecule has 2 rings (SSSR count). The molecule has 2 aromatic carbocycles. The van der Waals surface area contributed by atoms with Crippen molar-refractivity contribution in [2.24, 2.45) is 0 Å². The van der Waals surface area contributed by atoms with Gasteiger partial charge in [-0.1, -0.05) is 24.1 Å². The van der Waals surface area contributed by atoms with Gasteiger partial charge in [-0.25, -0.2) is 4.39 Å². The molecule has 0 fully saturated rings. The zero-order valence-corrected chi connectivity index (χ0v) is 11.7. The number of anilines is 1. The normalized spacial score (nSPS) is 9.76. The highest BCUT2D eigenvalue weighted by molar-refractivity contribution is 5.56. The molecule has 2 aromatic rings. The van der Waals surface area contributed by atoms with Gasteiger partial charge in [0.2, 0.25) is 0 Å². The molecule has 21 heavy (non-hydrogen) atoms. The predicted molar refractivity (Wildman–Crippen MR) is 81.0 cm³/mol. The second-order valence-corrected chi connectivity index (χ2v) is 4.31. The minimum Gasteiger partial charge on any atom is -0.494 e. The standard InChI is InChI=1S/C17H16FNO2/c1-3-10-21-17-7-5-4-6-15(17)19-12-13-8-9-16(20-2)14(18)11-13/h1,4-9,11,19H,10,12H2,2H3. The number of ether oxygens (including phenoxy) is 2. The van der Waals surface area contributed by atoms with E-state index >= 15 is 0 Å². The van der Waals surface area contributed by atoms with Gasteiger partial charge < -0.3 is 14.8 Å². The third kappa shape index (κ3) is 3.90. The second kappa shape index (κ2) is 7.20. The van der Waals surface area contributed by atoms with Crippen LogP contribution in [0.3, 0.4) is 0 Å². The van der Waals surface area contributed by atoms with E-state index in [1.807, 2.05) is 24.3 Å². The maximum absolute atomic E-state index is 13.6. The molecule has 3 nitrogen and oxygen atoms in total. The maximum Gasteiger partial charge on any atom is 0.165 e. The lowest BCUT2D eigenvalue weighted by Gasteiger charge is -2.12. The van der Waals surface area contributed by atoms with Crippen LogP contribution in [0.5, 0.6) is 11.5 Å². The molecule has 0 spiro atoms. The molecule has 0 radical (unpaired) electrons. The lowest BCUT2D eigenvalue weighted by molar-refractivity contribution is 0.372. The van der Waals surface area contributed by atoms with Crippen LogP contribution in [0, 0.1) is 18.2 Å². The number of halogens is 1. The van der Waals surface area contributed by atoms with E-state index in [-0.39, 0.29) is 18.2 Å². The summed E-state index contributed by atoms with van der Waals surface area (Å²) >= 11 is 0. The summed E-state index contributed by atoms with van der Waals surface area (Å²) in [5.74, 6) is 2.95. The minimum atomic E-state index is -0.381. The van der Waals surface area contributed by atoms with E-state index < -0.39 is 0 Å². The monoisotopic (exact) mass is 285 g/mol. The van der Waals surface area contributed by atoms with E-state index in [0.717, 1.165) is 11.3 Å². The SMILES string of the molecule is C#CCOc1ccccc1NCc1ccc(OC)c(F)c1. The van der Waals surface area contributed by atoms with Crippen molar-refractivity contribution in [3.05, 3.63) is 53.8 Å². The minimum absolute atomic E-state index is 0.204. The lowest BCUT2D eigenvalue weighted by Crippen LogP contribution is -2.03. The van der Waals surface area contributed by atoms with Gasteiger partial charge in [-0.2, -0.15) is 0 Å². The van der Waals surface area contributed by atoms with Crippen molar-refractivity contribution in [3.63, 3.8) is 0 Å². The fraction of sp³-hybridized carbons (Fsp3) is 0.176. The van der Waals surface area contributed by atoms with Crippen LogP contribution in [0.25, 0.3) is 0 Å². The van der Waals surface area contributed by atoms with E-state index in [9.17, 15) is 4.39 Å². The number of methoxy groups -OCH3 is 1. The van der Waals surface area contributed by atoms with Gasteiger partial charge in [-0.15, -0.1) is 6.42 Å². The van der Waals surface area contributed by atoms with Crippen LogP contribution in [-0.4, -0.2) is 13.7 Å². The molecule has 0 unspecified atom stereocenters. The summed E-state index contributed by atoms with van der Waals surface area (Å²) in [5.41, 5.74) is 1.61. The molecule has 0 heterocycles. The molecular weight excluding hydrogens is 269 g/mol. The van der Waals surface area contributed by atoms with Gasteiger partial charge in [-0.3, -0.25) is 0 Å². The highest BCUT2D eigenvalue weighted by atomic mass is 19.1. The second-order valence-electron chi connectivity index (χ2n) is 4.31. The van der Waals surface area contributed by atoms with E-state index in [2.05, 4.69) is 11.2 Å². The Bertz CT molecular complexity index is 649. The third-order valence-corrected chi connectivity index (χ3v) is 2.90. The molecule has 0 saturated carbocycles. The predicted octanol–water partition coefficient (Wildman–Crippen LogP) is 3.46.